The molecule has 4 amide bonds. The lowest BCUT2D eigenvalue weighted by molar-refractivity contribution is 0.0935. The number of hydrogen-bond donors (Lipinski definition) is 4. The number of nitrogens with two attached hydrogens (primary N) is 1. The summed E-state index contributed by atoms with van der Waals surface area (Å²) in [4.78, 5) is 43.6. The first-order valence-corrected chi connectivity index (χ1v) is 16.1. The first-order chi connectivity index (χ1) is 23.0. The van der Waals surface area contributed by atoms with Crippen molar-refractivity contribution in [1.82, 2.24) is 20.5 Å². The first-order valence-electron chi connectivity index (χ1n) is 16.1. The average molecular weight is 667 g/mol. The Morgan fingerprint density at radius 3 is 2.48 bits per heavy atom. The largest absolute Gasteiger partial charge is 0.438 e. The van der Waals surface area contributed by atoms with E-state index in [0.717, 1.165) is 48.6 Å². The zero-order valence-corrected chi connectivity index (χ0v) is 27.8. The van der Waals surface area contributed by atoms with Gasteiger partial charge in [0.1, 0.15) is 17.4 Å². The van der Waals surface area contributed by atoms with Crippen molar-refractivity contribution >= 4 is 23.5 Å². The minimum atomic E-state index is -1.09. The Hall–Kier alpha value is -4.62. The van der Waals surface area contributed by atoms with Crippen LogP contribution in [0.15, 0.2) is 42.6 Å². The minimum absolute atomic E-state index is 0.162. The van der Waals surface area contributed by atoms with E-state index >= 15 is 0 Å². The van der Waals surface area contributed by atoms with Crippen LogP contribution in [-0.4, -0.2) is 66.6 Å². The van der Waals surface area contributed by atoms with Crippen LogP contribution in [-0.2, 0) is 11.3 Å². The molecular weight excluding hydrogens is 622 g/mol. The molecule has 4 rings (SSSR count). The standard InChI is InChI=1S/C35H44F2N6O5/c1-5-6-7-26-16-25(41-35(46)42-30-17-27(33(38)44)28(36)18-29(30)37)10-12-43(26)20-23-8-9-31(40-19-23)48-32-21(2)14-24(15-22(32)3)34(45)39-11-13-47-4/h8-9,14-15,17-19,25-26H,5-7,10-13,16,20H2,1-4H3,(H2,38,44)(H,39,45)(H2,41,42,46). The van der Waals surface area contributed by atoms with Gasteiger partial charge in [-0.25, -0.2) is 18.6 Å². The second kappa shape index (κ2) is 17.0. The molecule has 258 valence electrons. The van der Waals surface area contributed by atoms with Gasteiger partial charge < -0.3 is 31.2 Å². The molecule has 11 nitrogen and oxygen atoms in total. The van der Waals surface area contributed by atoms with Crippen molar-refractivity contribution in [3.8, 4) is 11.6 Å². The van der Waals surface area contributed by atoms with E-state index in [4.69, 9.17) is 15.2 Å². The molecule has 48 heavy (non-hydrogen) atoms. The summed E-state index contributed by atoms with van der Waals surface area (Å²) in [7, 11) is 1.58. The van der Waals surface area contributed by atoms with E-state index in [2.05, 4.69) is 32.8 Å². The van der Waals surface area contributed by atoms with Crippen LogP contribution in [0.4, 0.5) is 19.3 Å². The summed E-state index contributed by atoms with van der Waals surface area (Å²) >= 11 is 0. The Morgan fingerprint density at radius 2 is 1.83 bits per heavy atom. The Bertz CT molecular complexity index is 1580. The molecular formula is C35H44F2N6O5. The second-order valence-corrected chi connectivity index (χ2v) is 12.1. The minimum Gasteiger partial charge on any atom is -0.438 e. The molecule has 1 saturated heterocycles. The number of amides is 4. The molecule has 2 heterocycles. The SMILES string of the molecule is CCCCC1CC(NC(=O)Nc2cc(C(N)=O)c(F)cc2F)CCN1Cc1ccc(Oc2c(C)cc(C(=O)NCCOC)cc2C)nc1. The number of methoxy groups -OCH3 is 1. The highest BCUT2D eigenvalue weighted by molar-refractivity contribution is 5.96. The number of piperidine rings is 1. The molecule has 1 aromatic heterocycles. The fourth-order valence-electron chi connectivity index (χ4n) is 5.87. The highest BCUT2D eigenvalue weighted by atomic mass is 19.1. The van der Waals surface area contributed by atoms with Gasteiger partial charge in [0.15, 0.2) is 0 Å². The number of unbranched alkanes of at least 4 members (excludes halogenated alkanes) is 1. The fraction of sp³-hybridized carbons (Fsp3) is 0.429. The quantitative estimate of drug-likeness (QED) is 0.164. The molecule has 0 saturated carbocycles. The van der Waals surface area contributed by atoms with E-state index in [-0.39, 0.29) is 23.7 Å². The smallest absolute Gasteiger partial charge is 0.319 e. The molecule has 13 heteroatoms. The molecule has 1 aliphatic rings. The zero-order chi connectivity index (χ0) is 34.8. The third-order valence-electron chi connectivity index (χ3n) is 8.34. The van der Waals surface area contributed by atoms with Crippen LogP contribution in [0.2, 0.25) is 0 Å². The molecule has 0 radical (unpaired) electrons. The number of urea groups is 1. The monoisotopic (exact) mass is 666 g/mol. The maximum Gasteiger partial charge on any atom is 0.319 e. The van der Waals surface area contributed by atoms with Crippen molar-refractivity contribution in [2.24, 2.45) is 5.73 Å². The number of benzene rings is 2. The van der Waals surface area contributed by atoms with Crippen LogP contribution in [0.1, 0.15) is 76.4 Å². The number of nitrogens with zero attached hydrogens (tertiary/aromatic N) is 2. The number of aryl methyl sites for hydroxylation is 2. The van der Waals surface area contributed by atoms with Gasteiger partial charge >= 0.3 is 6.03 Å². The number of anilines is 1. The van der Waals surface area contributed by atoms with Gasteiger partial charge in [-0.2, -0.15) is 0 Å². The average Bonchev–Trinajstić information content (AvgIpc) is 3.04. The van der Waals surface area contributed by atoms with Crippen molar-refractivity contribution in [1.29, 1.82) is 0 Å². The number of carbonyl (C=O) groups is 3. The van der Waals surface area contributed by atoms with E-state index in [1.807, 2.05) is 26.0 Å². The van der Waals surface area contributed by atoms with Gasteiger partial charge in [0.2, 0.25) is 5.88 Å². The Kier molecular flexibility index (Phi) is 12.8. The molecule has 2 unspecified atom stereocenters. The van der Waals surface area contributed by atoms with Crippen molar-refractivity contribution < 1.29 is 32.6 Å². The molecule has 1 aliphatic heterocycles. The van der Waals surface area contributed by atoms with Crippen LogP contribution >= 0.6 is 0 Å². The number of carbonyl (C=O) groups excluding carboxylic acids is 3. The third-order valence-corrected chi connectivity index (χ3v) is 8.34. The number of primary amides is 1. The Balaban J connectivity index is 1.35. The number of halogens is 2. The number of nitrogens with one attached hydrogen (secondary N) is 3. The summed E-state index contributed by atoms with van der Waals surface area (Å²) in [5.74, 6) is -2.23. The highest BCUT2D eigenvalue weighted by Crippen LogP contribution is 2.30. The van der Waals surface area contributed by atoms with E-state index in [9.17, 15) is 23.2 Å². The molecule has 0 bridgehead atoms. The van der Waals surface area contributed by atoms with E-state index < -0.39 is 29.1 Å². The van der Waals surface area contributed by atoms with Gasteiger partial charge in [0.25, 0.3) is 11.8 Å². The van der Waals surface area contributed by atoms with Gasteiger partial charge in [0, 0.05) is 62.7 Å². The van der Waals surface area contributed by atoms with Crippen molar-refractivity contribution in [3.05, 3.63) is 82.0 Å². The molecule has 1 fully saturated rings. The summed E-state index contributed by atoms with van der Waals surface area (Å²) < 4.78 is 39.2. The van der Waals surface area contributed by atoms with Gasteiger partial charge in [-0.05, 0) is 68.0 Å². The van der Waals surface area contributed by atoms with Crippen LogP contribution in [0.3, 0.4) is 0 Å². The van der Waals surface area contributed by atoms with Crippen molar-refractivity contribution in [2.45, 2.75) is 71.5 Å². The third kappa shape index (κ3) is 9.71. The maximum atomic E-state index is 14.3. The van der Waals surface area contributed by atoms with Crippen LogP contribution < -0.4 is 26.4 Å². The number of rotatable bonds is 14. The summed E-state index contributed by atoms with van der Waals surface area (Å²) in [6, 6.07) is 8.20. The molecule has 2 atom stereocenters. The van der Waals surface area contributed by atoms with Gasteiger partial charge in [-0.1, -0.05) is 25.8 Å². The lowest BCUT2D eigenvalue weighted by Crippen LogP contribution is -2.50. The maximum absolute atomic E-state index is 14.3. The van der Waals surface area contributed by atoms with Gasteiger partial charge in [0.05, 0.1) is 17.9 Å². The topological polar surface area (TPSA) is 148 Å². The molecule has 2 aromatic carbocycles. The molecule has 5 N–H and O–H groups in total. The second-order valence-electron chi connectivity index (χ2n) is 12.1. The first kappa shape index (κ1) is 36.2. The summed E-state index contributed by atoms with van der Waals surface area (Å²) in [5, 5.41) is 8.11. The zero-order valence-electron chi connectivity index (χ0n) is 27.8. The van der Waals surface area contributed by atoms with Gasteiger partial charge in [-0.15, -0.1) is 0 Å². The lowest BCUT2D eigenvalue weighted by atomic mass is 9.93. The molecule has 0 spiro atoms. The number of likely N-dealkylation sites (tertiary alicyclic amines) is 1. The predicted octanol–water partition coefficient (Wildman–Crippen LogP) is 5.59. The summed E-state index contributed by atoms with van der Waals surface area (Å²) in [5.41, 5.74) is 7.53. The lowest BCUT2D eigenvalue weighted by Gasteiger charge is -2.40. The number of ether oxygens (including phenoxy) is 2. The summed E-state index contributed by atoms with van der Waals surface area (Å²) in [6.45, 7) is 8.16. The fourth-order valence-corrected chi connectivity index (χ4v) is 5.87. The van der Waals surface area contributed by atoms with Crippen molar-refractivity contribution in [2.75, 3.05) is 32.1 Å². The number of hydrogen-bond acceptors (Lipinski definition) is 7. The van der Waals surface area contributed by atoms with E-state index in [1.165, 1.54) is 0 Å². The Labute approximate surface area is 279 Å². The van der Waals surface area contributed by atoms with Crippen LogP contribution in [0.25, 0.3) is 0 Å². The summed E-state index contributed by atoms with van der Waals surface area (Å²) in [6.07, 6.45) is 6.15. The van der Waals surface area contributed by atoms with Crippen LogP contribution in [0.5, 0.6) is 11.6 Å². The molecule has 3 aromatic rings. The molecule has 0 aliphatic carbocycles. The van der Waals surface area contributed by atoms with E-state index in [0.29, 0.717) is 55.8 Å². The Morgan fingerprint density at radius 1 is 1.08 bits per heavy atom. The highest BCUT2D eigenvalue weighted by Gasteiger charge is 2.29. The van der Waals surface area contributed by atoms with E-state index in [1.54, 1.807) is 25.4 Å². The van der Waals surface area contributed by atoms with Gasteiger partial charge in [-0.3, -0.25) is 14.5 Å². The normalized spacial score (nSPS) is 16.3. The predicted molar refractivity (Wildman–Crippen MR) is 178 cm³/mol. The number of aromatic nitrogens is 1. The van der Waals surface area contributed by atoms with Crippen molar-refractivity contribution in [3.63, 3.8) is 0 Å². The van der Waals surface area contributed by atoms with Crippen LogP contribution in [0, 0.1) is 25.5 Å². The number of pyridine rings is 1.